The number of anilines is 1. The molecule has 216 valence electrons. The lowest BCUT2D eigenvalue weighted by Crippen LogP contribution is -2.39. The topological polar surface area (TPSA) is 87.5 Å². The monoisotopic (exact) mass is 558 g/mol. The Morgan fingerprint density at radius 3 is 2.55 bits per heavy atom. The number of likely N-dealkylation sites (tertiary alicyclic amines) is 1. The molecule has 1 aliphatic heterocycles. The first kappa shape index (κ1) is 29.5. The van der Waals surface area contributed by atoms with Crippen LogP contribution in [-0.2, 0) is 17.3 Å². The Bertz CT molecular complexity index is 1170. The number of amides is 1. The number of hydrogen-bond donors (Lipinski definition) is 1. The molecular weight excluding hydrogens is 521 g/mol. The highest BCUT2D eigenvalue weighted by atomic mass is 19.4. The van der Waals surface area contributed by atoms with Crippen molar-refractivity contribution in [1.82, 2.24) is 9.88 Å². The second-order valence-electron chi connectivity index (χ2n) is 10.7. The summed E-state index contributed by atoms with van der Waals surface area (Å²) in [5, 5.41) is 12.2. The summed E-state index contributed by atoms with van der Waals surface area (Å²) in [5.41, 5.74) is 0.205. The molecule has 40 heavy (non-hydrogen) atoms. The summed E-state index contributed by atoms with van der Waals surface area (Å²) >= 11 is 0. The average molecular weight is 559 g/mol. The highest BCUT2D eigenvalue weighted by molar-refractivity contribution is 5.67. The fraction of sp³-hybridized carbons (Fsp3) is 0.567. The van der Waals surface area contributed by atoms with E-state index in [2.05, 4.69) is 10.3 Å². The average Bonchev–Trinajstić information content (AvgIpc) is 2.96. The van der Waals surface area contributed by atoms with Crippen LogP contribution in [-0.4, -0.2) is 47.8 Å². The molecule has 1 aromatic heterocycles. The van der Waals surface area contributed by atoms with Crippen LogP contribution in [0.15, 0.2) is 36.7 Å². The lowest BCUT2D eigenvalue weighted by atomic mass is 9.91. The number of carbonyl (C=O) groups is 1. The van der Waals surface area contributed by atoms with E-state index < -0.39 is 11.7 Å². The zero-order valence-electron chi connectivity index (χ0n) is 22.9. The molecule has 0 radical (unpaired) electrons. The molecule has 2 aliphatic rings. The quantitative estimate of drug-likeness (QED) is 0.358. The lowest BCUT2D eigenvalue weighted by molar-refractivity contribution is -0.137. The summed E-state index contributed by atoms with van der Waals surface area (Å²) in [5.74, 6) is 1.30. The fourth-order valence-corrected chi connectivity index (χ4v) is 5.44. The number of pyridine rings is 1. The normalized spacial score (nSPS) is 20.0. The molecule has 2 heterocycles. The Balaban J connectivity index is 1.20. The zero-order valence-corrected chi connectivity index (χ0v) is 22.9. The number of carbonyl (C=O) groups excluding carboxylic acids is 1. The first-order chi connectivity index (χ1) is 19.2. The van der Waals surface area contributed by atoms with Gasteiger partial charge in [-0.15, -0.1) is 0 Å². The van der Waals surface area contributed by atoms with E-state index in [4.69, 9.17) is 14.7 Å². The van der Waals surface area contributed by atoms with E-state index in [0.717, 1.165) is 88.3 Å². The predicted molar refractivity (Wildman–Crippen MR) is 145 cm³/mol. The highest BCUT2D eigenvalue weighted by Crippen LogP contribution is 2.34. The fourth-order valence-electron chi connectivity index (χ4n) is 5.44. The maximum atomic E-state index is 13.3. The molecule has 1 amide bonds. The molecule has 0 bridgehead atoms. The van der Waals surface area contributed by atoms with Crippen LogP contribution in [0.25, 0.3) is 0 Å². The number of alkyl halides is 3. The van der Waals surface area contributed by atoms with Crippen molar-refractivity contribution in [3.63, 3.8) is 0 Å². The molecule has 2 fully saturated rings. The number of nitrogens with one attached hydrogen (secondary N) is 1. The SMILES string of the molecule is CCCOC(=O)N1CCC(CCc2cncc(OC3CCC(Nc4ccc(C#N)c(C(F)(F)F)c4)CC3)c2)CC1. The summed E-state index contributed by atoms with van der Waals surface area (Å²) < 4.78 is 51.3. The second kappa shape index (κ2) is 13.7. The second-order valence-corrected chi connectivity index (χ2v) is 10.7. The van der Waals surface area contributed by atoms with Crippen molar-refractivity contribution < 1.29 is 27.4 Å². The number of halogens is 3. The van der Waals surface area contributed by atoms with Gasteiger partial charge < -0.3 is 19.7 Å². The van der Waals surface area contributed by atoms with Crippen LogP contribution in [0.2, 0.25) is 0 Å². The minimum Gasteiger partial charge on any atom is -0.489 e. The van der Waals surface area contributed by atoms with Gasteiger partial charge in [-0.2, -0.15) is 18.4 Å². The van der Waals surface area contributed by atoms with E-state index in [1.165, 1.54) is 12.1 Å². The van der Waals surface area contributed by atoms with Crippen LogP contribution in [0.3, 0.4) is 0 Å². The third-order valence-electron chi connectivity index (χ3n) is 7.71. The molecule has 1 saturated heterocycles. The van der Waals surface area contributed by atoms with Gasteiger partial charge in [0.15, 0.2) is 0 Å². The van der Waals surface area contributed by atoms with Crippen molar-refractivity contribution in [2.45, 2.75) is 83.0 Å². The van der Waals surface area contributed by atoms with E-state index in [9.17, 15) is 18.0 Å². The minimum atomic E-state index is -4.57. The van der Waals surface area contributed by atoms with Crippen LogP contribution >= 0.6 is 0 Å². The molecule has 0 spiro atoms. The molecule has 1 aliphatic carbocycles. The maximum absolute atomic E-state index is 13.3. The number of benzene rings is 1. The molecule has 4 rings (SSSR count). The van der Waals surface area contributed by atoms with E-state index >= 15 is 0 Å². The Hall–Kier alpha value is -3.48. The Labute approximate surface area is 233 Å². The molecule has 7 nitrogen and oxygen atoms in total. The van der Waals surface area contributed by atoms with E-state index in [-0.39, 0.29) is 23.8 Å². The van der Waals surface area contributed by atoms with Gasteiger partial charge >= 0.3 is 12.3 Å². The number of nitriles is 1. The Morgan fingerprint density at radius 2 is 1.88 bits per heavy atom. The standard InChI is InChI=1S/C30H37F3N4O3/c1-2-15-39-29(38)37-13-11-21(12-14-37)3-4-22-16-27(20-35-19-22)40-26-9-7-24(8-10-26)36-25-6-5-23(18-34)28(17-25)30(31,32)33/h5-6,16-17,19-21,24,26,36H,2-4,7-15H2,1H3. The third-order valence-corrected chi connectivity index (χ3v) is 7.71. The predicted octanol–water partition coefficient (Wildman–Crippen LogP) is 6.97. The zero-order chi connectivity index (χ0) is 28.5. The summed E-state index contributed by atoms with van der Waals surface area (Å²) in [4.78, 5) is 18.2. The number of aromatic nitrogens is 1. The van der Waals surface area contributed by atoms with Crippen LogP contribution in [0, 0.1) is 17.2 Å². The number of ether oxygens (including phenoxy) is 2. The third kappa shape index (κ3) is 8.26. The Morgan fingerprint density at radius 1 is 1.12 bits per heavy atom. The van der Waals surface area contributed by atoms with Crippen molar-refractivity contribution in [2.75, 3.05) is 25.0 Å². The summed E-state index contributed by atoms with van der Waals surface area (Å²) in [6, 6.07) is 7.46. The molecule has 10 heteroatoms. The lowest BCUT2D eigenvalue weighted by Gasteiger charge is -2.31. The number of piperidine rings is 1. The van der Waals surface area contributed by atoms with E-state index in [1.807, 2.05) is 19.2 Å². The molecule has 1 N–H and O–H groups in total. The van der Waals surface area contributed by atoms with Gasteiger partial charge in [0.25, 0.3) is 0 Å². The molecule has 1 aromatic carbocycles. The van der Waals surface area contributed by atoms with Gasteiger partial charge in [0.05, 0.1) is 36.1 Å². The largest absolute Gasteiger partial charge is 0.489 e. The van der Waals surface area contributed by atoms with Crippen molar-refractivity contribution in [1.29, 1.82) is 5.26 Å². The summed E-state index contributed by atoms with van der Waals surface area (Å²) in [7, 11) is 0. The highest BCUT2D eigenvalue weighted by Gasteiger charge is 2.34. The van der Waals surface area contributed by atoms with Crippen LogP contribution in [0.1, 0.15) is 75.0 Å². The van der Waals surface area contributed by atoms with Crippen LogP contribution in [0.5, 0.6) is 5.75 Å². The first-order valence-electron chi connectivity index (χ1n) is 14.1. The minimum absolute atomic E-state index is 0.0265. The van der Waals surface area contributed by atoms with Crippen LogP contribution < -0.4 is 10.1 Å². The van der Waals surface area contributed by atoms with E-state index in [1.54, 1.807) is 17.2 Å². The maximum Gasteiger partial charge on any atom is 0.417 e. The van der Waals surface area contributed by atoms with Crippen molar-refractivity contribution in [2.24, 2.45) is 5.92 Å². The van der Waals surface area contributed by atoms with Gasteiger partial charge in [-0.05, 0) is 93.5 Å². The molecule has 1 saturated carbocycles. The van der Waals surface area contributed by atoms with Crippen molar-refractivity contribution in [3.8, 4) is 11.8 Å². The van der Waals surface area contributed by atoms with Gasteiger partial charge in [-0.1, -0.05) is 6.92 Å². The number of hydrogen-bond acceptors (Lipinski definition) is 6. The summed E-state index contributed by atoms with van der Waals surface area (Å²) in [6.07, 6.45) is 6.65. The number of rotatable bonds is 9. The van der Waals surface area contributed by atoms with Gasteiger partial charge in [-0.3, -0.25) is 4.98 Å². The molecule has 0 unspecified atom stereocenters. The molecular formula is C30H37F3N4O3. The smallest absolute Gasteiger partial charge is 0.417 e. The molecule has 0 atom stereocenters. The van der Waals surface area contributed by atoms with E-state index in [0.29, 0.717) is 18.2 Å². The summed E-state index contributed by atoms with van der Waals surface area (Å²) in [6.45, 7) is 3.92. The molecule has 2 aromatic rings. The van der Waals surface area contributed by atoms with Crippen molar-refractivity contribution >= 4 is 11.8 Å². The van der Waals surface area contributed by atoms with Gasteiger partial charge in [0.1, 0.15) is 5.75 Å². The first-order valence-corrected chi connectivity index (χ1v) is 14.1. The van der Waals surface area contributed by atoms with Crippen molar-refractivity contribution in [3.05, 3.63) is 53.3 Å². The number of nitrogens with zero attached hydrogens (tertiary/aromatic N) is 3. The van der Waals surface area contributed by atoms with Gasteiger partial charge in [-0.25, -0.2) is 4.79 Å². The number of aryl methyl sites for hydroxylation is 1. The van der Waals surface area contributed by atoms with Gasteiger partial charge in [0, 0.05) is 31.0 Å². The Kier molecular flexibility index (Phi) is 10.1. The van der Waals surface area contributed by atoms with Gasteiger partial charge in [0.2, 0.25) is 0 Å². The van der Waals surface area contributed by atoms with Crippen LogP contribution in [0.4, 0.5) is 23.7 Å².